The standard InChI is InChI=1S/C41H45N7O7/c1-21-25-17-18-48(35(25)39(52)47-34(21)38(51)46-33-19-42-32-16-10-9-15-30(32)33)40(53)24(4)44-36(49)22(2)43-37(50)23(3)45-41(54)55-20-31-28-13-7-5-11-26(28)27-12-6-8-14-29(27)31/h5-16,19,21-25,31,34-35,42H,17-18,20H2,1-4H3,(H,43,50)(H,44,49)(H,45,54)(H,46,51)(H,47,52). The van der Waals surface area contributed by atoms with E-state index < -0.39 is 59.9 Å². The number of benzene rings is 3. The second kappa shape index (κ2) is 15.3. The molecule has 0 radical (unpaired) electrons. The fraction of sp³-hybridized carbons (Fsp3) is 0.366. The smallest absolute Gasteiger partial charge is 0.407 e. The normalized spacial score (nSPS) is 21.6. The fourth-order valence-corrected chi connectivity index (χ4v) is 8.19. The summed E-state index contributed by atoms with van der Waals surface area (Å²) in [7, 11) is 0. The van der Waals surface area contributed by atoms with E-state index in [2.05, 4.69) is 31.6 Å². The minimum atomic E-state index is -1.05. The van der Waals surface area contributed by atoms with Crippen molar-refractivity contribution in [3.05, 3.63) is 90.1 Å². The van der Waals surface area contributed by atoms with Crippen LogP contribution < -0.4 is 26.6 Å². The maximum absolute atomic E-state index is 13.6. The number of aromatic nitrogens is 1. The summed E-state index contributed by atoms with van der Waals surface area (Å²) in [5, 5.41) is 14.3. The Morgan fingerprint density at radius 1 is 0.818 bits per heavy atom. The summed E-state index contributed by atoms with van der Waals surface area (Å²) in [6.07, 6.45) is 1.46. The highest BCUT2D eigenvalue weighted by Crippen LogP contribution is 2.44. The van der Waals surface area contributed by atoms with Crippen LogP contribution in [0.2, 0.25) is 0 Å². The molecule has 3 heterocycles. The van der Waals surface area contributed by atoms with Crippen molar-refractivity contribution in [3.8, 4) is 11.1 Å². The third-order valence-corrected chi connectivity index (χ3v) is 11.2. The average molecular weight is 748 g/mol. The Morgan fingerprint density at radius 2 is 1.42 bits per heavy atom. The number of fused-ring (bicyclic) bond motifs is 5. The van der Waals surface area contributed by atoms with Gasteiger partial charge in [0.05, 0.1) is 5.69 Å². The second-order valence-electron chi connectivity index (χ2n) is 14.7. The molecule has 2 fully saturated rings. The lowest BCUT2D eigenvalue weighted by Gasteiger charge is -2.40. The number of nitrogens with one attached hydrogen (secondary N) is 6. The van der Waals surface area contributed by atoms with Crippen molar-refractivity contribution in [1.29, 1.82) is 0 Å². The summed E-state index contributed by atoms with van der Waals surface area (Å²) in [4.78, 5) is 83.7. The van der Waals surface area contributed by atoms with Crippen LogP contribution in [0, 0.1) is 11.8 Å². The average Bonchev–Trinajstić information content (AvgIpc) is 3.90. The first kappa shape index (κ1) is 37.1. The number of H-pyrrole nitrogens is 1. The monoisotopic (exact) mass is 747 g/mol. The summed E-state index contributed by atoms with van der Waals surface area (Å²) in [6.45, 7) is 6.72. The summed E-state index contributed by atoms with van der Waals surface area (Å²) >= 11 is 0. The number of carbonyl (C=O) groups excluding carboxylic acids is 6. The van der Waals surface area contributed by atoms with Gasteiger partial charge in [-0.05, 0) is 67.3 Å². The summed E-state index contributed by atoms with van der Waals surface area (Å²) < 4.78 is 5.54. The molecule has 4 aromatic rings. The Balaban J connectivity index is 0.875. The molecule has 55 heavy (non-hydrogen) atoms. The highest BCUT2D eigenvalue weighted by Gasteiger charge is 2.52. The van der Waals surface area contributed by atoms with Crippen LogP contribution in [0.3, 0.4) is 0 Å². The molecule has 7 unspecified atom stereocenters. The highest BCUT2D eigenvalue weighted by atomic mass is 16.5. The van der Waals surface area contributed by atoms with Gasteiger partial charge in [-0.15, -0.1) is 0 Å². The van der Waals surface area contributed by atoms with Crippen LogP contribution in [0.1, 0.15) is 51.2 Å². The Bertz CT molecular complexity index is 2120. The Labute approximate surface area is 318 Å². The number of amides is 6. The van der Waals surface area contributed by atoms with Gasteiger partial charge in [-0.2, -0.15) is 0 Å². The van der Waals surface area contributed by atoms with Gasteiger partial charge < -0.3 is 41.2 Å². The van der Waals surface area contributed by atoms with E-state index in [1.165, 1.54) is 25.7 Å². The lowest BCUT2D eigenvalue weighted by molar-refractivity contribution is -0.145. The number of para-hydroxylation sites is 1. The lowest BCUT2D eigenvalue weighted by atomic mass is 9.78. The van der Waals surface area contributed by atoms with E-state index in [9.17, 15) is 28.8 Å². The van der Waals surface area contributed by atoms with Gasteiger partial charge in [0.15, 0.2) is 0 Å². The molecular weight excluding hydrogens is 702 g/mol. The van der Waals surface area contributed by atoms with Crippen LogP contribution in [-0.2, 0) is 28.7 Å². The Morgan fingerprint density at radius 3 is 2.11 bits per heavy atom. The third kappa shape index (κ3) is 7.23. The predicted molar refractivity (Wildman–Crippen MR) is 205 cm³/mol. The van der Waals surface area contributed by atoms with Gasteiger partial charge in [0.1, 0.15) is 36.8 Å². The van der Waals surface area contributed by atoms with Crippen LogP contribution in [-0.4, -0.2) is 88.9 Å². The molecule has 286 valence electrons. The van der Waals surface area contributed by atoms with E-state index >= 15 is 0 Å². The first-order valence-corrected chi connectivity index (χ1v) is 18.6. The number of ether oxygens (including phenoxy) is 1. The molecule has 7 atom stereocenters. The van der Waals surface area contributed by atoms with E-state index in [0.29, 0.717) is 12.1 Å². The SMILES string of the molecule is CC(NC(=O)OCC1c2ccccc2-c2ccccc21)C(=O)NC(C)C(=O)NC(C)C(=O)N1CCC2C(C)C(C(=O)Nc3c[nH]c4ccccc34)NC(=O)C21. The van der Waals surface area contributed by atoms with Crippen LogP contribution in [0.25, 0.3) is 22.0 Å². The molecule has 3 aromatic carbocycles. The van der Waals surface area contributed by atoms with Crippen molar-refractivity contribution in [2.24, 2.45) is 11.8 Å². The molecule has 0 spiro atoms. The summed E-state index contributed by atoms with van der Waals surface area (Å²) in [5.74, 6) is -3.12. The molecular formula is C41H45N7O7. The van der Waals surface area contributed by atoms with Crippen LogP contribution in [0.15, 0.2) is 79.0 Å². The van der Waals surface area contributed by atoms with Crippen molar-refractivity contribution in [1.82, 2.24) is 31.2 Å². The molecule has 1 aromatic heterocycles. The van der Waals surface area contributed by atoms with Crippen molar-refractivity contribution in [2.45, 2.75) is 70.2 Å². The van der Waals surface area contributed by atoms with Gasteiger partial charge in [-0.1, -0.05) is 73.7 Å². The lowest BCUT2D eigenvalue weighted by Crippen LogP contribution is -2.63. The topological polar surface area (TPSA) is 191 Å². The molecule has 0 saturated carbocycles. The number of aromatic amines is 1. The van der Waals surface area contributed by atoms with E-state index in [1.54, 1.807) is 6.20 Å². The molecule has 3 aliphatic rings. The van der Waals surface area contributed by atoms with E-state index in [0.717, 1.165) is 33.2 Å². The number of rotatable bonds is 10. The molecule has 14 heteroatoms. The number of alkyl carbamates (subject to hydrolysis) is 1. The zero-order chi connectivity index (χ0) is 39.0. The van der Waals surface area contributed by atoms with E-state index in [4.69, 9.17) is 4.74 Å². The minimum absolute atomic E-state index is 0.0832. The third-order valence-electron chi connectivity index (χ3n) is 11.2. The number of carbonyl (C=O) groups is 6. The zero-order valence-corrected chi connectivity index (χ0v) is 31.1. The van der Waals surface area contributed by atoms with Crippen LogP contribution in [0.5, 0.6) is 0 Å². The number of piperidine rings is 1. The Kier molecular flexibility index (Phi) is 10.3. The van der Waals surface area contributed by atoms with Crippen molar-refractivity contribution >= 4 is 52.2 Å². The molecule has 7 rings (SSSR count). The van der Waals surface area contributed by atoms with E-state index in [-0.39, 0.29) is 36.8 Å². The molecule has 6 N–H and O–H groups in total. The fourth-order valence-electron chi connectivity index (χ4n) is 8.19. The molecule has 2 aliphatic heterocycles. The van der Waals surface area contributed by atoms with Gasteiger partial charge in [0.25, 0.3) is 0 Å². The van der Waals surface area contributed by atoms with Gasteiger partial charge in [-0.3, -0.25) is 24.0 Å². The Hall–Kier alpha value is -6.18. The number of likely N-dealkylation sites (tertiary alicyclic amines) is 1. The number of anilines is 1. The first-order chi connectivity index (χ1) is 26.4. The van der Waals surface area contributed by atoms with Crippen molar-refractivity contribution in [3.63, 3.8) is 0 Å². The molecule has 14 nitrogen and oxygen atoms in total. The van der Waals surface area contributed by atoms with Crippen LogP contribution in [0.4, 0.5) is 10.5 Å². The number of nitrogens with zero attached hydrogens (tertiary/aromatic N) is 1. The van der Waals surface area contributed by atoms with Gasteiger partial charge in [-0.25, -0.2) is 4.79 Å². The molecule has 6 amide bonds. The quantitative estimate of drug-likeness (QED) is 0.143. The molecule has 2 saturated heterocycles. The first-order valence-electron chi connectivity index (χ1n) is 18.6. The van der Waals surface area contributed by atoms with E-state index in [1.807, 2.05) is 79.7 Å². The number of hydrogen-bond donors (Lipinski definition) is 6. The largest absolute Gasteiger partial charge is 0.449 e. The van der Waals surface area contributed by atoms with Gasteiger partial charge in [0, 0.05) is 29.6 Å². The highest BCUT2D eigenvalue weighted by molar-refractivity contribution is 6.05. The minimum Gasteiger partial charge on any atom is -0.449 e. The van der Waals surface area contributed by atoms with Crippen molar-refractivity contribution < 1.29 is 33.5 Å². The summed E-state index contributed by atoms with van der Waals surface area (Å²) in [6, 6.07) is 18.8. The maximum atomic E-state index is 13.6. The van der Waals surface area contributed by atoms with Gasteiger partial charge >= 0.3 is 6.09 Å². The van der Waals surface area contributed by atoms with Crippen LogP contribution >= 0.6 is 0 Å². The second-order valence-corrected chi connectivity index (χ2v) is 14.7. The zero-order valence-electron chi connectivity index (χ0n) is 31.1. The maximum Gasteiger partial charge on any atom is 0.407 e. The molecule has 0 bridgehead atoms. The number of hydrogen-bond acceptors (Lipinski definition) is 7. The van der Waals surface area contributed by atoms with Gasteiger partial charge in [0.2, 0.25) is 29.5 Å². The summed E-state index contributed by atoms with van der Waals surface area (Å²) in [5.41, 5.74) is 5.81. The van der Waals surface area contributed by atoms with Crippen molar-refractivity contribution in [2.75, 3.05) is 18.5 Å². The predicted octanol–water partition coefficient (Wildman–Crippen LogP) is 3.39. The molecule has 1 aliphatic carbocycles.